The highest BCUT2D eigenvalue weighted by atomic mass is 19.1. The zero-order chi connectivity index (χ0) is 22.7. The quantitative estimate of drug-likeness (QED) is 0.625. The minimum atomic E-state index is -0.578. The summed E-state index contributed by atoms with van der Waals surface area (Å²) in [5.74, 6) is 0.858. The molecule has 1 saturated carbocycles. The second-order valence-corrected chi connectivity index (χ2v) is 7.80. The van der Waals surface area contributed by atoms with Gasteiger partial charge in [0, 0.05) is 24.6 Å². The van der Waals surface area contributed by atoms with Crippen molar-refractivity contribution in [3.05, 3.63) is 35.4 Å². The number of halogens is 1. The summed E-state index contributed by atoms with van der Waals surface area (Å²) in [6, 6.07) is 5.23. The first-order valence-electron chi connectivity index (χ1n) is 11.2. The highest BCUT2D eigenvalue weighted by Gasteiger charge is 2.30. The van der Waals surface area contributed by atoms with Crippen LogP contribution >= 0.6 is 0 Å². The first-order chi connectivity index (χ1) is 15.7. The number of ether oxygens (including phenoxy) is 1. The molecule has 2 N–H and O–H groups in total. The Hall–Kier alpha value is -3.25. The number of aromatic nitrogens is 4. The SMILES string of the molecule is CC.COc1cc2ncc(-c3nc(NC4CCCNC4)c(C#N)cc3F)n2nc1C1CC1. The topological polar surface area (TPSA) is 100 Å². The van der Waals surface area contributed by atoms with Crippen LogP contribution in [0.15, 0.2) is 18.3 Å². The van der Waals surface area contributed by atoms with Crippen LogP contribution in [0.2, 0.25) is 0 Å². The molecule has 168 valence electrons. The van der Waals surface area contributed by atoms with Crippen molar-refractivity contribution < 1.29 is 9.13 Å². The molecule has 0 aromatic carbocycles. The molecule has 1 aliphatic carbocycles. The first-order valence-corrected chi connectivity index (χ1v) is 11.2. The number of methoxy groups -OCH3 is 1. The molecule has 0 amide bonds. The number of pyridine rings is 1. The molecule has 1 atom stereocenters. The number of fused-ring (bicyclic) bond motifs is 1. The van der Waals surface area contributed by atoms with Gasteiger partial charge in [0.25, 0.3) is 0 Å². The van der Waals surface area contributed by atoms with Gasteiger partial charge in [-0.3, -0.25) is 0 Å². The average Bonchev–Trinajstić information content (AvgIpc) is 3.61. The number of anilines is 1. The number of imidazole rings is 1. The molecule has 32 heavy (non-hydrogen) atoms. The van der Waals surface area contributed by atoms with Gasteiger partial charge in [0.05, 0.1) is 18.9 Å². The maximum atomic E-state index is 15.0. The van der Waals surface area contributed by atoms with Crippen LogP contribution in [-0.2, 0) is 0 Å². The summed E-state index contributed by atoms with van der Waals surface area (Å²) >= 11 is 0. The van der Waals surface area contributed by atoms with Crippen LogP contribution in [0, 0.1) is 17.1 Å². The van der Waals surface area contributed by atoms with Crippen LogP contribution in [0.3, 0.4) is 0 Å². The third-order valence-electron chi connectivity index (χ3n) is 5.65. The van der Waals surface area contributed by atoms with Gasteiger partial charge in [-0.15, -0.1) is 0 Å². The zero-order valence-corrected chi connectivity index (χ0v) is 18.7. The Balaban J connectivity index is 0.00000119. The second-order valence-electron chi connectivity index (χ2n) is 7.80. The fraction of sp³-hybridized carbons (Fsp3) is 0.478. The molecule has 2 aliphatic rings. The Labute approximate surface area is 186 Å². The summed E-state index contributed by atoms with van der Waals surface area (Å²) in [5.41, 5.74) is 2.16. The third-order valence-corrected chi connectivity index (χ3v) is 5.65. The Morgan fingerprint density at radius 1 is 1.28 bits per heavy atom. The van der Waals surface area contributed by atoms with Crippen molar-refractivity contribution in [1.29, 1.82) is 5.26 Å². The number of nitrogens with one attached hydrogen (secondary N) is 2. The average molecular weight is 438 g/mol. The molecule has 1 unspecified atom stereocenters. The van der Waals surface area contributed by atoms with E-state index in [1.807, 2.05) is 26.0 Å². The second kappa shape index (κ2) is 9.49. The molecule has 1 aliphatic heterocycles. The summed E-state index contributed by atoms with van der Waals surface area (Å²) in [6.07, 6.45) is 5.68. The van der Waals surface area contributed by atoms with E-state index in [-0.39, 0.29) is 17.3 Å². The first kappa shape index (κ1) is 22.0. The summed E-state index contributed by atoms with van der Waals surface area (Å²) in [5, 5.41) is 20.8. The highest BCUT2D eigenvalue weighted by molar-refractivity contribution is 5.66. The van der Waals surface area contributed by atoms with E-state index in [1.54, 1.807) is 17.8 Å². The lowest BCUT2D eigenvalue weighted by Gasteiger charge is -2.24. The lowest BCUT2D eigenvalue weighted by Crippen LogP contribution is -2.38. The number of nitrogens with zero attached hydrogens (tertiary/aromatic N) is 5. The van der Waals surface area contributed by atoms with Gasteiger partial charge in [0.2, 0.25) is 0 Å². The molecule has 3 aromatic rings. The molecule has 0 bridgehead atoms. The van der Waals surface area contributed by atoms with Gasteiger partial charge in [-0.1, -0.05) is 13.8 Å². The van der Waals surface area contributed by atoms with Crippen molar-refractivity contribution in [2.24, 2.45) is 0 Å². The van der Waals surface area contributed by atoms with E-state index in [0.29, 0.717) is 28.8 Å². The lowest BCUT2D eigenvalue weighted by atomic mass is 10.1. The molecule has 8 nitrogen and oxygen atoms in total. The predicted octanol–water partition coefficient (Wildman–Crippen LogP) is 3.88. The van der Waals surface area contributed by atoms with Crippen LogP contribution < -0.4 is 15.4 Å². The Bertz CT molecular complexity index is 1140. The van der Waals surface area contributed by atoms with Crippen LogP contribution in [0.1, 0.15) is 56.7 Å². The Kier molecular flexibility index (Phi) is 6.51. The van der Waals surface area contributed by atoms with Gasteiger partial charge in [-0.2, -0.15) is 10.4 Å². The van der Waals surface area contributed by atoms with Gasteiger partial charge >= 0.3 is 0 Å². The number of hydrogen-bond donors (Lipinski definition) is 2. The summed E-state index contributed by atoms with van der Waals surface area (Å²) < 4.78 is 22.0. The van der Waals surface area contributed by atoms with E-state index >= 15 is 0 Å². The van der Waals surface area contributed by atoms with E-state index in [2.05, 4.69) is 20.6 Å². The van der Waals surface area contributed by atoms with Crippen molar-refractivity contribution in [3.63, 3.8) is 0 Å². The van der Waals surface area contributed by atoms with Crippen LogP contribution in [0.4, 0.5) is 10.2 Å². The van der Waals surface area contributed by atoms with E-state index in [4.69, 9.17) is 9.84 Å². The summed E-state index contributed by atoms with van der Waals surface area (Å²) in [7, 11) is 1.61. The van der Waals surface area contributed by atoms with E-state index in [1.165, 1.54) is 6.07 Å². The minimum Gasteiger partial charge on any atom is -0.495 e. The molecule has 9 heteroatoms. The maximum absolute atomic E-state index is 15.0. The minimum absolute atomic E-state index is 0.118. The standard InChI is InChI=1S/C21H22FN7O.C2H6/c1-30-17-8-18-25-11-16(29(18)28-19(17)12-4-5-12)20-15(22)7-13(9-23)21(27-20)26-14-3-2-6-24-10-14;1-2/h7-8,11-12,14,24H,2-6,10H2,1H3,(H,26,27);1-2H3. The lowest BCUT2D eigenvalue weighted by molar-refractivity contribution is 0.405. The zero-order valence-electron chi connectivity index (χ0n) is 18.7. The molecule has 4 heterocycles. The number of hydrogen-bond acceptors (Lipinski definition) is 7. The van der Waals surface area contributed by atoms with E-state index in [0.717, 1.165) is 44.5 Å². The third kappa shape index (κ3) is 4.23. The molecule has 0 radical (unpaired) electrons. The van der Waals surface area contributed by atoms with Crippen molar-refractivity contribution in [2.45, 2.75) is 51.5 Å². The van der Waals surface area contributed by atoms with Crippen LogP contribution in [-0.4, -0.2) is 45.8 Å². The molecule has 0 spiro atoms. The fourth-order valence-corrected chi connectivity index (χ4v) is 3.91. The Morgan fingerprint density at radius 3 is 2.75 bits per heavy atom. The fourth-order valence-electron chi connectivity index (χ4n) is 3.91. The smallest absolute Gasteiger partial charge is 0.157 e. The number of rotatable bonds is 5. The maximum Gasteiger partial charge on any atom is 0.157 e. The monoisotopic (exact) mass is 437 g/mol. The molecule has 5 rings (SSSR count). The van der Waals surface area contributed by atoms with Crippen molar-refractivity contribution in [1.82, 2.24) is 24.9 Å². The van der Waals surface area contributed by atoms with Gasteiger partial charge < -0.3 is 15.4 Å². The Morgan fingerprint density at radius 2 is 2.09 bits per heavy atom. The van der Waals surface area contributed by atoms with Crippen LogP contribution in [0.5, 0.6) is 5.75 Å². The van der Waals surface area contributed by atoms with Gasteiger partial charge in [0.15, 0.2) is 11.5 Å². The van der Waals surface area contributed by atoms with Crippen molar-refractivity contribution in [3.8, 4) is 23.2 Å². The highest BCUT2D eigenvalue weighted by Crippen LogP contribution is 2.43. The van der Waals surface area contributed by atoms with E-state index in [9.17, 15) is 9.65 Å². The molecule has 1 saturated heterocycles. The van der Waals surface area contributed by atoms with Crippen molar-refractivity contribution >= 4 is 11.5 Å². The molecule has 3 aromatic heterocycles. The van der Waals surface area contributed by atoms with Crippen molar-refractivity contribution in [2.75, 3.05) is 25.5 Å². The number of piperidine rings is 1. The molecular weight excluding hydrogens is 409 g/mol. The van der Waals surface area contributed by atoms with Gasteiger partial charge in [0.1, 0.15) is 34.7 Å². The summed E-state index contributed by atoms with van der Waals surface area (Å²) in [6.45, 7) is 5.76. The number of nitriles is 1. The largest absolute Gasteiger partial charge is 0.495 e. The van der Waals surface area contributed by atoms with Gasteiger partial charge in [-0.05, 0) is 38.3 Å². The molecule has 2 fully saturated rings. The van der Waals surface area contributed by atoms with Crippen LogP contribution in [0.25, 0.3) is 17.0 Å². The van der Waals surface area contributed by atoms with Gasteiger partial charge in [-0.25, -0.2) is 18.9 Å². The van der Waals surface area contributed by atoms with E-state index < -0.39 is 5.82 Å². The normalized spacial score (nSPS) is 17.9. The predicted molar refractivity (Wildman–Crippen MR) is 120 cm³/mol. The summed E-state index contributed by atoms with van der Waals surface area (Å²) in [4.78, 5) is 8.87. The molecular formula is C23H28FN7O.